The highest BCUT2D eigenvalue weighted by molar-refractivity contribution is 5.40. The second kappa shape index (κ2) is 6.45. The topological polar surface area (TPSA) is 73.0 Å². The molecule has 112 valence electrons. The number of nitrogens with zero attached hydrogens (tertiary/aromatic N) is 3. The molecule has 2 aromatic rings. The van der Waals surface area contributed by atoms with Gasteiger partial charge in [-0.05, 0) is 25.6 Å². The van der Waals surface area contributed by atoms with Crippen LogP contribution in [0.5, 0.6) is 0 Å². The molecule has 1 atom stereocenters. The Balaban J connectivity index is 2.22. The Morgan fingerprint density at radius 1 is 1.52 bits per heavy atom. The van der Waals surface area contributed by atoms with Gasteiger partial charge in [0, 0.05) is 23.9 Å². The van der Waals surface area contributed by atoms with Gasteiger partial charge in [-0.3, -0.25) is 14.8 Å². The summed E-state index contributed by atoms with van der Waals surface area (Å²) in [6.07, 6.45) is 3.51. The summed E-state index contributed by atoms with van der Waals surface area (Å²) in [7, 11) is 0. The van der Waals surface area contributed by atoms with Gasteiger partial charge in [-0.15, -0.1) is 0 Å². The van der Waals surface area contributed by atoms with Crippen molar-refractivity contribution in [3.05, 3.63) is 57.7 Å². The molecule has 21 heavy (non-hydrogen) atoms. The van der Waals surface area contributed by atoms with Crippen LogP contribution in [-0.2, 0) is 6.54 Å². The molecule has 1 aromatic carbocycles. The largest absolute Gasteiger partial charge is 0.310 e. The molecule has 0 saturated heterocycles. The molecule has 0 bridgehead atoms. The zero-order chi connectivity index (χ0) is 15.4. The van der Waals surface area contributed by atoms with E-state index in [4.69, 9.17) is 0 Å². The molecule has 0 amide bonds. The Hall–Kier alpha value is -2.28. The van der Waals surface area contributed by atoms with Crippen molar-refractivity contribution in [1.82, 2.24) is 15.1 Å². The summed E-state index contributed by atoms with van der Waals surface area (Å²) in [6, 6.07) is 3.58. The molecule has 0 saturated carbocycles. The number of benzene rings is 1. The Morgan fingerprint density at radius 3 is 2.95 bits per heavy atom. The van der Waals surface area contributed by atoms with Crippen LogP contribution in [0, 0.1) is 15.9 Å². The second-order valence-electron chi connectivity index (χ2n) is 4.78. The van der Waals surface area contributed by atoms with E-state index in [0.29, 0.717) is 5.56 Å². The maximum absolute atomic E-state index is 13.3. The molecule has 1 N–H and O–H groups in total. The lowest BCUT2D eigenvalue weighted by molar-refractivity contribution is -0.385. The van der Waals surface area contributed by atoms with Crippen LogP contribution >= 0.6 is 0 Å². The third-order valence-corrected chi connectivity index (χ3v) is 3.23. The number of rotatable bonds is 6. The molecule has 1 aromatic heterocycles. The average Bonchev–Trinajstić information content (AvgIpc) is 2.87. The summed E-state index contributed by atoms with van der Waals surface area (Å²) in [4.78, 5) is 10.5. The molecule has 0 aliphatic rings. The first-order chi connectivity index (χ1) is 10.0. The lowest BCUT2D eigenvalue weighted by atomic mass is 10.1. The first-order valence-electron chi connectivity index (χ1n) is 6.69. The van der Waals surface area contributed by atoms with Gasteiger partial charge < -0.3 is 5.32 Å². The standard InChI is InChI=1S/C14H17FN4O2/c1-3-16-10(2)12-7-17-18(9-12)8-11-6-13(15)4-5-14(11)19(20)21/h4-7,9-10,16H,3,8H2,1-2H3. The van der Waals surface area contributed by atoms with Crippen molar-refractivity contribution in [1.29, 1.82) is 0 Å². The fraction of sp³-hybridized carbons (Fsp3) is 0.357. The summed E-state index contributed by atoms with van der Waals surface area (Å²) in [6.45, 7) is 5.02. The van der Waals surface area contributed by atoms with E-state index in [2.05, 4.69) is 10.4 Å². The van der Waals surface area contributed by atoms with Gasteiger partial charge in [0.15, 0.2) is 0 Å². The fourth-order valence-electron chi connectivity index (χ4n) is 2.15. The molecule has 2 rings (SSSR count). The SMILES string of the molecule is CCNC(C)c1cnn(Cc2cc(F)ccc2[N+](=O)[O-])c1. The third kappa shape index (κ3) is 3.63. The summed E-state index contributed by atoms with van der Waals surface area (Å²) < 4.78 is 14.9. The van der Waals surface area contributed by atoms with E-state index in [1.807, 2.05) is 20.0 Å². The highest BCUT2D eigenvalue weighted by Crippen LogP contribution is 2.21. The predicted octanol–water partition coefficient (Wildman–Crippen LogP) is 2.65. The number of nitrogens with one attached hydrogen (secondary N) is 1. The van der Waals surface area contributed by atoms with Crippen LogP contribution in [0.3, 0.4) is 0 Å². The zero-order valence-corrected chi connectivity index (χ0v) is 11.9. The van der Waals surface area contributed by atoms with Gasteiger partial charge in [0.05, 0.1) is 23.2 Å². The van der Waals surface area contributed by atoms with Crippen LogP contribution in [0.1, 0.15) is 31.0 Å². The first kappa shape index (κ1) is 15.1. The van der Waals surface area contributed by atoms with E-state index in [1.165, 1.54) is 12.1 Å². The number of halogens is 1. The van der Waals surface area contributed by atoms with Crippen LogP contribution in [-0.4, -0.2) is 21.2 Å². The number of aromatic nitrogens is 2. The monoisotopic (exact) mass is 292 g/mol. The van der Waals surface area contributed by atoms with Gasteiger partial charge in [0.1, 0.15) is 5.82 Å². The fourth-order valence-corrected chi connectivity index (χ4v) is 2.15. The quantitative estimate of drug-likeness (QED) is 0.656. The van der Waals surface area contributed by atoms with E-state index >= 15 is 0 Å². The van der Waals surface area contributed by atoms with Crippen LogP contribution < -0.4 is 5.32 Å². The van der Waals surface area contributed by atoms with Crippen molar-refractivity contribution in [2.24, 2.45) is 0 Å². The zero-order valence-electron chi connectivity index (χ0n) is 11.9. The Bertz CT molecular complexity index is 642. The first-order valence-corrected chi connectivity index (χ1v) is 6.69. The molecule has 0 spiro atoms. The van der Waals surface area contributed by atoms with Crippen LogP contribution in [0.4, 0.5) is 10.1 Å². The van der Waals surface area contributed by atoms with Crippen molar-refractivity contribution < 1.29 is 9.31 Å². The maximum Gasteiger partial charge on any atom is 0.274 e. The molecule has 6 nitrogen and oxygen atoms in total. The van der Waals surface area contributed by atoms with E-state index < -0.39 is 10.7 Å². The van der Waals surface area contributed by atoms with Gasteiger partial charge >= 0.3 is 0 Å². The minimum Gasteiger partial charge on any atom is -0.310 e. The lowest BCUT2D eigenvalue weighted by Gasteiger charge is -2.09. The van der Waals surface area contributed by atoms with Crippen molar-refractivity contribution in [2.45, 2.75) is 26.4 Å². The van der Waals surface area contributed by atoms with Crippen molar-refractivity contribution in [3.8, 4) is 0 Å². The van der Waals surface area contributed by atoms with Crippen molar-refractivity contribution in [2.75, 3.05) is 6.54 Å². The summed E-state index contributed by atoms with van der Waals surface area (Å²) in [5.74, 6) is -0.496. The van der Waals surface area contributed by atoms with E-state index in [1.54, 1.807) is 10.9 Å². The van der Waals surface area contributed by atoms with Gasteiger partial charge in [0.2, 0.25) is 0 Å². The number of hydrogen-bond acceptors (Lipinski definition) is 4. The molecular weight excluding hydrogens is 275 g/mol. The second-order valence-corrected chi connectivity index (χ2v) is 4.78. The van der Waals surface area contributed by atoms with Gasteiger partial charge in [-0.1, -0.05) is 6.92 Å². The molecule has 1 unspecified atom stereocenters. The molecule has 0 fully saturated rings. The predicted molar refractivity (Wildman–Crippen MR) is 76.5 cm³/mol. The highest BCUT2D eigenvalue weighted by atomic mass is 19.1. The Kier molecular flexibility index (Phi) is 4.64. The van der Waals surface area contributed by atoms with E-state index in [-0.39, 0.29) is 18.3 Å². The van der Waals surface area contributed by atoms with Gasteiger partial charge in [-0.25, -0.2) is 4.39 Å². The number of nitro groups is 1. The van der Waals surface area contributed by atoms with Crippen molar-refractivity contribution >= 4 is 5.69 Å². The normalized spacial score (nSPS) is 12.3. The summed E-state index contributed by atoms with van der Waals surface area (Å²) in [5.41, 5.74) is 1.18. The van der Waals surface area contributed by atoms with E-state index in [9.17, 15) is 14.5 Å². The van der Waals surface area contributed by atoms with E-state index in [0.717, 1.165) is 18.2 Å². The highest BCUT2D eigenvalue weighted by Gasteiger charge is 2.15. The van der Waals surface area contributed by atoms with Crippen molar-refractivity contribution in [3.63, 3.8) is 0 Å². The van der Waals surface area contributed by atoms with Crippen LogP contribution in [0.25, 0.3) is 0 Å². The molecule has 0 radical (unpaired) electrons. The third-order valence-electron chi connectivity index (χ3n) is 3.23. The number of hydrogen-bond donors (Lipinski definition) is 1. The number of nitro benzene ring substituents is 1. The van der Waals surface area contributed by atoms with Crippen LogP contribution in [0.15, 0.2) is 30.6 Å². The summed E-state index contributed by atoms with van der Waals surface area (Å²) >= 11 is 0. The minimum atomic E-state index is -0.513. The molecule has 1 heterocycles. The smallest absolute Gasteiger partial charge is 0.274 e. The Labute approximate surface area is 121 Å². The average molecular weight is 292 g/mol. The molecule has 0 aliphatic heterocycles. The molecular formula is C14H17FN4O2. The lowest BCUT2D eigenvalue weighted by Crippen LogP contribution is -2.17. The van der Waals surface area contributed by atoms with Gasteiger partial charge in [-0.2, -0.15) is 5.10 Å². The van der Waals surface area contributed by atoms with Gasteiger partial charge in [0.25, 0.3) is 5.69 Å². The maximum atomic E-state index is 13.3. The molecule has 0 aliphatic carbocycles. The summed E-state index contributed by atoms with van der Waals surface area (Å²) in [5, 5.41) is 18.4. The minimum absolute atomic E-state index is 0.104. The molecule has 7 heteroatoms. The van der Waals surface area contributed by atoms with Crippen LogP contribution in [0.2, 0.25) is 0 Å². The Morgan fingerprint density at radius 2 is 2.29 bits per heavy atom.